The molecule has 2 heterocycles. The lowest BCUT2D eigenvalue weighted by molar-refractivity contribution is -0.120. The monoisotopic (exact) mass is 387 g/mol. The minimum Gasteiger partial charge on any atom is -0.355 e. The van der Waals surface area contributed by atoms with E-state index in [2.05, 4.69) is 15.3 Å². The number of benzene rings is 1. The van der Waals surface area contributed by atoms with E-state index in [0.29, 0.717) is 27.8 Å². The fraction of sp³-hybridized carbons (Fsp3) is 0.316. The Kier molecular flexibility index (Phi) is 5.78. The number of carbonyl (C=O) groups is 1. The zero-order valence-electron chi connectivity index (χ0n) is 14.9. The molecule has 1 atom stereocenters. The van der Waals surface area contributed by atoms with Gasteiger partial charge >= 0.3 is 0 Å². The van der Waals surface area contributed by atoms with E-state index in [4.69, 9.17) is 0 Å². The van der Waals surface area contributed by atoms with E-state index in [1.54, 1.807) is 0 Å². The van der Waals surface area contributed by atoms with E-state index in [1.807, 2.05) is 56.5 Å². The number of amides is 1. The first-order valence-corrected chi connectivity index (χ1v) is 10.2. The first kappa shape index (κ1) is 18.7. The minimum atomic E-state index is -0.331. The van der Waals surface area contributed by atoms with Crippen LogP contribution in [-0.4, -0.2) is 27.7 Å². The van der Waals surface area contributed by atoms with Crippen LogP contribution in [0.1, 0.15) is 20.8 Å². The molecule has 0 aliphatic rings. The van der Waals surface area contributed by atoms with Crippen LogP contribution in [-0.2, 0) is 4.79 Å². The maximum atomic E-state index is 12.6. The smallest absolute Gasteiger partial charge is 0.260 e. The third kappa shape index (κ3) is 4.16. The second-order valence-electron chi connectivity index (χ2n) is 6.47. The quantitative estimate of drug-likeness (QED) is 0.497. The van der Waals surface area contributed by atoms with Crippen molar-refractivity contribution < 1.29 is 4.79 Å². The molecule has 0 aliphatic heterocycles. The lowest BCUT2D eigenvalue weighted by Crippen LogP contribution is -2.33. The fourth-order valence-corrected chi connectivity index (χ4v) is 4.31. The lowest BCUT2D eigenvalue weighted by atomic mass is 10.1. The van der Waals surface area contributed by atoms with Gasteiger partial charge in [-0.05, 0) is 18.4 Å². The highest BCUT2D eigenvalue weighted by Crippen LogP contribution is 2.31. The second kappa shape index (κ2) is 8.05. The van der Waals surface area contributed by atoms with Crippen molar-refractivity contribution in [2.45, 2.75) is 31.2 Å². The Balaban J connectivity index is 1.84. The van der Waals surface area contributed by atoms with Crippen molar-refractivity contribution in [3.05, 3.63) is 46.1 Å². The van der Waals surface area contributed by atoms with Crippen LogP contribution in [0.15, 0.2) is 45.7 Å². The van der Waals surface area contributed by atoms with E-state index >= 15 is 0 Å². The van der Waals surface area contributed by atoms with E-state index < -0.39 is 0 Å². The number of nitrogens with zero attached hydrogens (tertiary/aromatic N) is 1. The Labute approximate surface area is 160 Å². The molecule has 0 unspecified atom stereocenters. The van der Waals surface area contributed by atoms with Gasteiger partial charge in [-0.15, -0.1) is 11.3 Å². The molecule has 0 saturated heterocycles. The first-order chi connectivity index (χ1) is 12.5. The van der Waals surface area contributed by atoms with Gasteiger partial charge in [0.05, 0.1) is 10.6 Å². The Morgan fingerprint density at radius 3 is 2.69 bits per heavy atom. The van der Waals surface area contributed by atoms with E-state index in [0.717, 1.165) is 11.1 Å². The predicted molar refractivity (Wildman–Crippen MR) is 109 cm³/mol. The van der Waals surface area contributed by atoms with Crippen LogP contribution in [0.5, 0.6) is 0 Å². The number of rotatable bonds is 6. The molecule has 136 valence electrons. The summed E-state index contributed by atoms with van der Waals surface area (Å²) in [6.07, 6.45) is 0. The van der Waals surface area contributed by atoms with Crippen molar-refractivity contribution >= 4 is 39.2 Å². The number of aromatic nitrogens is 2. The van der Waals surface area contributed by atoms with Gasteiger partial charge in [-0.3, -0.25) is 9.59 Å². The standard InChI is InChI=1S/C19H21N3O2S2/c1-11(2)9-20-16(23)12(3)26-19-21-17(24)15-14(10-25-18(15)22-19)13-7-5-4-6-8-13/h4-8,10-12H,9H2,1-3H3,(H,20,23)(H,21,22,24)/t12-/m1/s1. The number of H-pyrrole nitrogens is 1. The summed E-state index contributed by atoms with van der Waals surface area (Å²) in [7, 11) is 0. The van der Waals surface area contributed by atoms with Crippen LogP contribution in [0.3, 0.4) is 0 Å². The second-order valence-corrected chi connectivity index (χ2v) is 8.65. The van der Waals surface area contributed by atoms with Crippen LogP contribution in [0.2, 0.25) is 0 Å². The van der Waals surface area contributed by atoms with Gasteiger partial charge < -0.3 is 10.3 Å². The molecule has 5 nitrogen and oxygen atoms in total. The molecule has 3 aromatic rings. The highest BCUT2D eigenvalue weighted by molar-refractivity contribution is 8.00. The van der Waals surface area contributed by atoms with E-state index in [1.165, 1.54) is 23.1 Å². The average Bonchev–Trinajstić information content (AvgIpc) is 3.04. The molecular formula is C19H21N3O2S2. The summed E-state index contributed by atoms with van der Waals surface area (Å²) in [6, 6.07) is 9.79. The highest BCUT2D eigenvalue weighted by Gasteiger charge is 2.18. The van der Waals surface area contributed by atoms with Gasteiger partial charge in [0.25, 0.3) is 5.56 Å². The summed E-state index contributed by atoms with van der Waals surface area (Å²) in [6.45, 7) is 6.55. The number of thiophene rings is 1. The first-order valence-electron chi connectivity index (χ1n) is 8.47. The molecule has 3 rings (SSSR count). The molecule has 0 radical (unpaired) electrons. The van der Waals surface area contributed by atoms with Crippen LogP contribution in [0, 0.1) is 5.92 Å². The number of fused-ring (bicyclic) bond motifs is 1. The Bertz CT molecular complexity index is 964. The Hall–Kier alpha value is -2.12. The Morgan fingerprint density at radius 1 is 1.27 bits per heavy atom. The molecule has 0 saturated carbocycles. The molecule has 0 fully saturated rings. The van der Waals surface area contributed by atoms with Crippen molar-refractivity contribution in [2.24, 2.45) is 5.92 Å². The minimum absolute atomic E-state index is 0.0531. The molecule has 0 bridgehead atoms. The fourth-order valence-electron chi connectivity index (χ4n) is 2.48. The molecule has 0 aliphatic carbocycles. The van der Waals surface area contributed by atoms with Crippen LogP contribution in [0.25, 0.3) is 21.3 Å². The third-order valence-corrected chi connectivity index (χ3v) is 5.71. The number of thioether (sulfide) groups is 1. The summed E-state index contributed by atoms with van der Waals surface area (Å²) < 4.78 is 0. The lowest BCUT2D eigenvalue weighted by Gasteiger charge is -2.12. The molecule has 0 spiro atoms. The molecule has 2 aromatic heterocycles. The zero-order chi connectivity index (χ0) is 18.7. The largest absolute Gasteiger partial charge is 0.355 e. The van der Waals surface area contributed by atoms with Crippen LogP contribution >= 0.6 is 23.1 Å². The summed E-state index contributed by atoms with van der Waals surface area (Å²) >= 11 is 2.71. The van der Waals surface area contributed by atoms with Crippen LogP contribution < -0.4 is 10.9 Å². The predicted octanol–water partition coefficient (Wildman–Crippen LogP) is 3.90. The molecule has 1 aromatic carbocycles. The Morgan fingerprint density at radius 2 is 2.00 bits per heavy atom. The van der Waals surface area contributed by atoms with Crippen molar-refractivity contribution in [2.75, 3.05) is 6.54 Å². The molecule has 26 heavy (non-hydrogen) atoms. The molecular weight excluding hydrogens is 366 g/mol. The third-order valence-electron chi connectivity index (χ3n) is 3.85. The van der Waals surface area contributed by atoms with Crippen molar-refractivity contribution in [1.82, 2.24) is 15.3 Å². The van der Waals surface area contributed by atoms with Gasteiger partial charge in [0.15, 0.2) is 5.16 Å². The zero-order valence-corrected chi connectivity index (χ0v) is 16.5. The van der Waals surface area contributed by atoms with Gasteiger partial charge in [-0.2, -0.15) is 0 Å². The average molecular weight is 388 g/mol. The number of hydrogen-bond donors (Lipinski definition) is 2. The van der Waals surface area contributed by atoms with E-state index in [-0.39, 0.29) is 16.7 Å². The summed E-state index contributed by atoms with van der Waals surface area (Å²) in [5, 5.41) is 5.59. The van der Waals surface area contributed by atoms with Gasteiger partial charge in [-0.25, -0.2) is 4.98 Å². The number of nitrogens with one attached hydrogen (secondary N) is 2. The topological polar surface area (TPSA) is 74.8 Å². The molecule has 1 amide bonds. The molecule has 2 N–H and O–H groups in total. The van der Waals surface area contributed by atoms with Crippen molar-refractivity contribution in [1.29, 1.82) is 0 Å². The highest BCUT2D eigenvalue weighted by atomic mass is 32.2. The normalized spacial score (nSPS) is 12.5. The van der Waals surface area contributed by atoms with E-state index in [9.17, 15) is 9.59 Å². The SMILES string of the molecule is CC(C)CNC(=O)[C@@H](C)Sc1nc2scc(-c3ccccc3)c2c(=O)[nH]1. The maximum Gasteiger partial charge on any atom is 0.260 e. The summed E-state index contributed by atoms with van der Waals surface area (Å²) in [5.41, 5.74) is 1.71. The van der Waals surface area contributed by atoms with Gasteiger partial charge in [0.2, 0.25) is 5.91 Å². The summed E-state index contributed by atoms with van der Waals surface area (Å²) in [4.78, 5) is 32.8. The van der Waals surface area contributed by atoms with Gasteiger partial charge in [0.1, 0.15) is 4.83 Å². The van der Waals surface area contributed by atoms with Crippen molar-refractivity contribution in [3.8, 4) is 11.1 Å². The van der Waals surface area contributed by atoms with Gasteiger partial charge in [0, 0.05) is 17.5 Å². The maximum absolute atomic E-state index is 12.6. The molecule has 7 heteroatoms. The number of hydrogen-bond acceptors (Lipinski definition) is 5. The van der Waals surface area contributed by atoms with Crippen LogP contribution in [0.4, 0.5) is 0 Å². The number of carbonyl (C=O) groups excluding carboxylic acids is 1. The summed E-state index contributed by atoms with van der Waals surface area (Å²) in [5.74, 6) is 0.343. The van der Waals surface area contributed by atoms with Gasteiger partial charge in [-0.1, -0.05) is 55.9 Å². The van der Waals surface area contributed by atoms with Crippen molar-refractivity contribution in [3.63, 3.8) is 0 Å². The number of aromatic amines is 1.